The zero-order chi connectivity index (χ0) is 13.7. The summed E-state index contributed by atoms with van der Waals surface area (Å²) < 4.78 is 28.1. The van der Waals surface area contributed by atoms with Crippen LogP contribution in [0.5, 0.6) is 5.75 Å². The van der Waals surface area contributed by atoms with Gasteiger partial charge in [0.2, 0.25) is 0 Å². The van der Waals surface area contributed by atoms with Crippen LogP contribution in [0.4, 0.5) is 8.78 Å². The lowest BCUT2D eigenvalue weighted by Gasteiger charge is -2.11. The number of amides is 1. The normalized spacial score (nSPS) is 18.6. The fourth-order valence-corrected chi connectivity index (χ4v) is 2.04. The van der Waals surface area contributed by atoms with Crippen LogP contribution in [-0.4, -0.2) is 31.7 Å². The topological polar surface area (TPSA) is 50.4 Å². The van der Waals surface area contributed by atoms with Crippen molar-refractivity contribution in [1.29, 1.82) is 0 Å². The van der Waals surface area contributed by atoms with Gasteiger partial charge in [0.05, 0.1) is 0 Å². The number of carbonyl (C=O) groups excluding carboxylic acids is 1. The van der Waals surface area contributed by atoms with Crippen LogP contribution in [0.3, 0.4) is 0 Å². The summed E-state index contributed by atoms with van der Waals surface area (Å²) in [6, 6.07) is 5.97. The molecule has 1 saturated heterocycles. The van der Waals surface area contributed by atoms with Crippen molar-refractivity contribution in [2.24, 2.45) is 0 Å². The molecule has 6 heteroatoms. The summed E-state index contributed by atoms with van der Waals surface area (Å²) >= 11 is 0. The highest BCUT2D eigenvalue weighted by molar-refractivity contribution is 5.94. The van der Waals surface area contributed by atoms with Gasteiger partial charge in [0.15, 0.2) is 0 Å². The Morgan fingerprint density at radius 1 is 1.42 bits per heavy atom. The molecule has 1 fully saturated rings. The lowest BCUT2D eigenvalue weighted by Crippen LogP contribution is -2.37. The lowest BCUT2D eigenvalue weighted by atomic mass is 10.2. The number of benzene rings is 1. The van der Waals surface area contributed by atoms with Gasteiger partial charge in [0.1, 0.15) is 5.75 Å². The zero-order valence-electron chi connectivity index (χ0n) is 10.4. The fourth-order valence-electron chi connectivity index (χ4n) is 2.04. The van der Waals surface area contributed by atoms with E-state index in [2.05, 4.69) is 15.4 Å². The molecule has 2 rings (SSSR count). The van der Waals surface area contributed by atoms with Gasteiger partial charge in [0.25, 0.3) is 5.91 Å². The fraction of sp³-hybridized carbons (Fsp3) is 0.462. The molecule has 1 aliphatic heterocycles. The highest BCUT2D eigenvalue weighted by Crippen LogP contribution is 2.14. The largest absolute Gasteiger partial charge is 0.435 e. The molecule has 0 saturated carbocycles. The molecule has 1 heterocycles. The molecule has 0 bridgehead atoms. The van der Waals surface area contributed by atoms with Gasteiger partial charge >= 0.3 is 6.61 Å². The minimum atomic E-state index is -2.85. The van der Waals surface area contributed by atoms with E-state index < -0.39 is 6.61 Å². The molecule has 2 N–H and O–H groups in total. The minimum absolute atomic E-state index is 0.0454. The molecule has 19 heavy (non-hydrogen) atoms. The molecule has 0 aromatic heterocycles. The smallest absolute Gasteiger partial charge is 0.387 e. The predicted octanol–water partition coefficient (Wildman–Crippen LogP) is 1.77. The standard InChI is InChI=1S/C13H16F2N2O2/c14-13(15)19-11-5-3-9(4-6-11)12(18)17-8-10-2-1-7-16-10/h3-6,10,13,16H,1-2,7-8H2,(H,17,18). The molecule has 0 spiro atoms. The maximum atomic E-state index is 12.0. The second-order valence-electron chi connectivity index (χ2n) is 4.41. The third-order valence-electron chi connectivity index (χ3n) is 3.01. The summed E-state index contributed by atoms with van der Waals surface area (Å²) in [5, 5.41) is 6.09. The number of rotatable bonds is 5. The van der Waals surface area contributed by atoms with Crippen molar-refractivity contribution in [3.8, 4) is 5.75 Å². The van der Waals surface area contributed by atoms with E-state index >= 15 is 0 Å². The predicted molar refractivity (Wildman–Crippen MR) is 66.4 cm³/mol. The third-order valence-corrected chi connectivity index (χ3v) is 3.01. The second-order valence-corrected chi connectivity index (χ2v) is 4.41. The SMILES string of the molecule is O=C(NCC1CCCN1)c1ccc(OC(F)F)cc1. The van der Waals surface area contributed by atoms with Crippen LogP contribution in [0.25, 0.3) is 0 Å². The second kappa shape index (κ2) is 6.47. The Kier molecular flexibility index (Phi) is 4.68. The van der Waals surface area contributed by atoms with Gasteiger partial charge in [-0.05, 0) is 43.7 Å². The average molecular weight is 270 g/mol. The molecule has 0 radical (unpaired) electrons. The van der Waals surface area contributed by atoms with Gasteiger partial charge < -0.3 is 15.4 Å². The first-order valence-corrected chi connectivity index (χ1v) is 6.21. The quantitative estimate of drug-likeness (QED) is 0.857. The van der Waals surface area contributed by atoms with Gasteiger partial charge in [-0.25, -0.2) is 0 Å². The summed E-state index contributed by atoms with van der Waals surface area (Å²) in [6.45, 7) is -1.29. The Morgan fingerprint density at radius 2 is 2.16 bits per heavy atom. The molecular weight excluding hydrogens is 254 g/mol. The maximum Gasteiger partial charge on any atom is 0.387 e. The molecule has 1 amide bonds. The number of nitrogens with one attached hydrogen (secondary N) is 2. The van der Waals surface area contributed by atoms with Gasteiger partial charge in [-0.1, -0.05) is 0 Å². The van der Waals surface area contributed by atoms with Crippen LogP contribution < -0.4 is 15.4 Å². The summed E-state index contributed by atoms with van der Waals surface area (Å²) in [7, 11) is 0. The van der Waals surface area contributed by atoms with E-state index in [0.29, 0.717) is 18.2 Å². The first kappa shape index (κ1) is 13.7. The first-order valence-electron chi connectivity index (χ1n) is 6.21. The molecule has 1 atom stereocenters. The summed E-state index contributed by atoms with van der Waals surface area (Å²) in [5.41, 5.74) is 0.430. The van der Waals surface area contributed by atoms with Crippen molar-refractivity contribution in [2.45, 2.75) is 25.5 Å². The highest BCUT2D eigenvalue weighted by atomic mass is 19.3. The van der Waals surface area contributed by atoms with E-state index in [1.807, 2.05) is 0 Å². The Morgan fingerprint density at radius 3 is 2.74 bits per heavy atom. The molecule has 4 nitrogen and oxygen atoms in total. The Balaban J connectivity index is 1.84. The van der Waals surface area contributed by atoms with Gasteiger partial charge in [-0.2, -0.15) is 8.78 Å². The number of carbonyl (C=O) groups is 1. The Labute approximate surface area is 110 Å². The number of hydrogen-bond acceptors (Lipinski definition) is 3. The zero-order valence-corrected chi connectivity index (χ0v) is 10.4. The average Bonchev–Trinajstić information content (AvgIpc) is 2.89. The lowest BCUT2D eigenvalue weighted by molar-refractivity contribution is -0.0498. The molecule has 1 aromatic carbocycles. The highest BCUT2D eigenvalue weighted by Gasteiger charge is 2.15. The monoisotopic (exact) mass is 270 g/mol. The van der Waals surface area contributed by atoms with Crippen molar-refractivity contribution in [1.82, 2.24) is 10.6 Å². The molecule has 1 unspecified atom stereocenters. The Hall–Kier alpha value is -1.69. The van der Waals surface area contributed by atoms with Crippen molar-refractivity contribution < 1.29 is 18.3 Å². The van der Waals surface area contributed by atoms with Crippen LogP contribution in [-0.2, 0) is 0 Å². The molecule has 1 aromatic rings. The number of halogens is 2. The van der Waals surface area contributed by atoms with Crippen molar-refractivity contribution in [3.05, 3.63) is 29.8 Å². The summed E-state index contributed by atoms with van der Waals surface area (Å²) in [6.07, 6.45) is 2.18. The summed E-state index contributed by atoms with van der Waals surface area (Å²) in [4.78, 5) is 11.8. The van der Waals surface area contributed by atoms with Crippen molar-refractivity contribution >= 4 is 5.91 Å². The van der Waals surface area contributed by atoms with Crippen molar-refractivity contribution in [2.75, 3.05) is 13.1 Å². The van der Waals surface area contributed by atoms with Crippen LogP contribution >= 0.6 is 0 Å². The van der Waals surface area contributed by atoms with E-state index in [4.69, 9.17) is 0 Å². The maximum absolute atomic E-state index is 12.0. The van der Waals surface area contributed by atoms with E-state index in [0.717, 1.165) is 19.4 Å². The van der Waals surface area contributed by atoms with E-state index in [1.54, 1.807) is 0 Å². The van der Waals surface area contributed by atoms with E-state index in [-0.39, 0.29) is 11.7 Å². The van der Waals surface area contributed by atoms with Crippen molar-refractivity contribution in [3.63, 3.8) is 0 Å². The molecule has 104 valence electrons. The van der Waals surface area contributed by atoms with Crippen LogP contribution in [0, 0.1) is 0 Å². The molecule has 0 aliphatic carbocycles. The van der Waals surface area contributed by atoms with Gasteiger partial charge in [-0.3, -0.25) is 4.79 Å². The number of hydrogen-bond donors (Lipinski definition) is 2. The molecular formula is C13H16F2N2O2. The molecule has 1 aliphatic rings. The number of ether oxygens (including phenoxy) is 1. The van der Waals surface area contributed by atoms with Crippen LogP contribution in [0.15, 0.2) is 24.3 Å². The van der Waals surface area contributed by atoms with E-state index in [1.165, 1.54) is 24.3 Å². The van der Waals surface area contributed by atoms with Gasteiger partial charge in [0, 0.05) is 18.2 Å². The van der Waals surface area contributed by atoms with Gasteiger partial charge in [-0.15, -0.1) is 0 Å². The Bertz CT molecular complexity index is 417. The van der Waals surface area contributed by atoms with Crippen LogP contribution in [0.1, 0.15) is 23.2 Å². The summed E-state index contributed by atoms with van der Waals surface area (Å²) in [5.74, 6) is -0.165. The minimum Gasteiger partial charge on any atom is -0.435 e. The first-order chi connectivity index (χ1) is 9.15. The van der Waals surface area contributed by atoms with Crippen LogP contribution in [0.2, 0.25) is 0 Å². The third kappa shape index (κ3) is 4.17. The van der Waals surface area contributed by atoms with E-state index in [9.17, 15) is 13.6 Å². The number of alkyl halides is 2.